The Kier molecular flexibility index (Phi) is 5.58. The third kappa shape index (κ3) is 3.79. The van der Waals surface area contributed by atoms with Crippen molar-refractivity contribution in [3.05, 3.63) is 53.1 Å². The van der Waals surface area contributed by atoms with E-state index in [1.165, 1.54) is 6.20 Å². The molecule has 168 valence electrons. The molecule has 6 nitrogen and oxygen atoms in total. The second-order valence-corrected chi connectivity index (χ2v) is 7.60. The maximum Gasteiger partial charge on any atom is 0.406 e. The number of hydrogen-bond donors (Lipinski definition) is 1. The van der Waals surface area contributed by atoms with E-state index in [0.29, 0.717) is 40.8 Å². The number of aromatic amines is 1. The van der Waals surface area contributed by atoms with E-state index in [9.17, 15) is 22.4 Å². The summed E-state index contributed by atoms with van der Waals surface area (Å²) in [6.45, 7) is -0.695. The van der Waals surface area contributed by atoms with Crippen LogP contribution in [0.15, 0.2) is 47.5 Å². The van der Waals surface area contributed by atoms with Crippen molar-refractivity contribution < 1.29 is 17.6 Å². The molecule has 1 saturated heterocycles. The Hall–Kier alpha value is -3.14. The third-order valence-electron chi connectivity index (χ3n) is 5.54. The molecule has 5 rings (SSSR count). The zero-order valence-corrected chi connectivity index (χ0v) is 17.4. The van der Waals surface area contributed by atoms with Gasteiger partial charge in [0, 0.05) is 23.7 Å². The molecule has 32 heavy (non-hydrogen) atoms. The van der Waals surface area contributed by atoms with E-state index in [-0.39, 0.29) is 29.9 Å². The Morgan fingerprint density at radius 2 is 2.00 bits per heavy atom. The van der Waals surface area contributed by atoms with Gasteiger partial charge in [0.2, 0.25) is 0 Å². The van der Waals surface area contributed by atoms with Crippen molar-refractivity contribution in [2.45, 2.75) is 25.3 Å². The summed E-state index contributed by atoms with van der Waals surface area (Å²) in [5.41, 5.74) is 1.01. The molecule has 1 atom stereocenters. The number of hydrogen-bond acceptors (Lipinski definition) is 4. The fourth-order valence-corrected chi connectivity index (χ4v) is 4.16. The van der Waals surface area contributed by atoms with Crippen LogP contribution < -0.4 is 10.5 Å². The number of pyridine rings is 2. The molecule has 11 heteroatoms. The summed E-state index contributed by atoms with van der Waals surface area (Å²) < 4.78 is 54.3. The predicted molar refractivity (Wildman–Crippen MR) is 116 cm³/mol. The lowest BCUT2D eigenvalue weighted by molar-refractivity contribution is -0.140. The molecule has 1 unspecified atom stereocenters. The van der Waals surface area contributed by atoms with Crippen LogP contribution in [-0.4, -0.2) is 45.2 Å². The zero-order valence-electron chi connectivity index (χ0n) is 16.6. The fraction of sp³-hybridized carbons (Fsp3) is 0.286. The van der Waals surface area contributed by atoms with E-state index in [4.69, 9.17) is 0 Å². The third-order valence-corrected chi connectivity index (χ3v) is 5.54. The molecule has 0 aliphatic carbocycles. The van der Waals surface area contributed by atoms with E-state index in [1.807, 2.05) is 4.90 Å². The SMILES string of the molecule is Cl.O=c1c2cn[nH]c2c2ccc(-c3cccnc3N3CCC(F)C3)cc2n1CC(F)(F)F. The zero-order chi connectivity index (χ0) is 21.8. The summed E-state index contributed by atoms with van der Waals surface area (Å²) in [7, 11) is 0. The van der Waals surface area contributed by atoms with Crippen LogP contribution in [0.25, 0.3) is 32.9 Å². The first kappa shape index (κ1) is 22.1. The van der Waals surface area contributed by atoms with Crippen LogP contribution in [0, 0.1) is 0 Å². The molecule has 1 aromatic carbocycles. The molecule has 3 aromatic heterocycles. The number of rotatable bonds is 3. The standard InChI is InChI=1S/C21H17F4N5O.ClH/c22-13-5-7-29(10-13)19-14(2-1-6-26-19)12-3-4-15-17(8-12)30(11-21(23,24)25)20(31)16-9-27-28-18(15)16;/h1-4,6,8-9,13H,5,7,10-11H2,(H,27,28);1H. The summed E-state index contributed by atoms with van der Waals surface area (Å²) in [6.07, 6.45) is -2.29. The number of benzene rings is 1. The average Bonchev–Trinajstić information content (AvgIpc) is 3.39. The van der Waals surface area contributed by atoms with E-state index >= 15 is 0 Å². The number of nitrogens with one attached hydrogen (secondary N) is 1. The number of anilines is 1. The Bertz CT molecular complexity index is 1350. The van der Waals surface area contributed by atoms with Crippen LogP contribution in [0.5, 0.6) is 0 Å². The summed E-state index contributed by atoms with van der Waals surface area (Å²) in [4.78, 5) is 19.0. The molecule has 4 aromatic rings. The first-order valence-electron chi connectivity index (χ1n) is 9.72. The number of halogens is 5. The Morgan fingerprint density at radius 3 is 2.72 bits per heavy atom. The van der Waals surface area contributed by atoms with Gasteiger partial charge in [0.1, 0.15) is 18.5 Å². The van der Waals surface area contributed by atoms with E-state index in [0.717, 1.165) is 4.57 Å². The fourth-order valence-electron chi connectivity index (χ4n) is 4.16. The number of aromatic nitrogens is 4. The molecule has 4 heterocycles. The minimum atomic E-state index is -4.57. The maximum absolute atomic E-state index is 13.8. The summed E-state index contributed by atoms with van der Waals surface area (Å²) >= 11 is 0. The van der Waals surface area contributed by atoms with Gasteiger partial charge >= 0.3 is 6.18 Å². The van der Waals surface area contributed by atoms with Crippen molar-refractivity contribution in [1.82, 2.24) is 19.7 Å². The van der Waals surface area contributed by atoms with Crippen LogP contribution in [0.4, 0.5) is 23.4 Å². The van der Waals surface area contributed by atoms with E-state index < -0.39 is 24.5 Å². The lowest BCUT2D eigenvalue weighted by Gasteiger charge is -2.20. The molecule has 0 bridgehead atoms. The highest BCUT2D eigenvalue weighted by Crippen LogP contribution is 2.34. The van der Waals surface area contributed by atoms with Gasteiger partial charge in [-0.2, -0.15) is 18.3 Å². The molecule has 0 spiro atoms. The molecule has 1 fully saturated rings. The van der Waals surface area contributed by atoms with E-state index in [1.54, 1.807) is 36.5 Å². The topological polar surface area (TPSA) is 66.8 Å². The van der Waals surface area contributed by atoms with Gasteiger partial charge in [0.05, 0.1) is 29.2 Å². The summed E-state index contributed by atoms with van der Waals surface area (Å²) in [5.74, 6) is 0.564. The predicted octanol–water partition coefficient (Wildman–Crippen LogP) is 4.47. The maximum atomic E-state index is 13.8. The molecule has 1 aliphatic heterocycles. The molecule has 0 saturated carbocycles. The monoisotopic (exact) mass is 467 g/mol. The van der Waals surface area contributed by atoms with E-state index in [2.05, 4.69) is 15.2 Å². The van der Waals surface area contributed by atoms with Gasteiger partial charge in [-0.15, -0.1) is 12.4 Å². The second-order valence-electron chi connectivity index (χ2n) is 7.60. The Balaban J connectivity index is 0.00000245. The van der Waals surface area contributed by atoms with Crippen LogP contribution in [0.1, 0.15) is 6.42 Å². The van der Waals surface area contributed by atoms with Crippen molar-refractivity contribution in [2.24, 2.45) is 0 Å². The largest absolute Gasteiger partial charge is 0.406 e. The van der Waals surface area contributed by atoms with Crippen LogP contribution in [0.3, 0.4) is 0 Å². The van der Waals surface area contributed by atoms with Crippen molar-refractivity contribution >= 4 is 40.0 Å². The van der Waals surface area contributed by atoms with Crippen molar-refractivity contribution in [3.63, 3.8) is 0 Å². The number of nitrogens with zero attached hydrogens (tertiary/aromatic N) is 4. The van der Waals surface area contributed by atoms with Gasteiger partial charge in [-0.3, -0.25) is 14.5 Å². The first-order valence-corrected chi connectivity index (χ1v) is 9.72. The Morgan fingerprint density at radius 1 is 1.19 bits per heavy atom. The molecule has 0 radical (unpaired) electrons. The number of fused-ring (bicyclic) bond motifs is 3. The van der Waals surface area contributed by atoms with Crippen LogP contribution in [-0.2, 0) is 6.54 Å². The van der Waals surface area contributed by atoms with Crippen LogP contribution >= 0.6 is 12.4 Å². The van der Waals surface area contributed by atoms with Gasteiger partial charge in [0.15, 0.2) is 0 Å². The molecule has 1 aliphatic rings. The van der Waals surface area contributed by atoms with Gasteiger partial charge in [0.25, 0.3) is 5.56 Å². The minimum Gasteiger partial charge on any atom is -0.353 e. The second kappa shape index (κ2) is 8.09. The van der Waals surface area contributed by atoms with Crippen molar-refractivity contribution in [1.29, 1.82) is 0 Å². The highest BCUT2D eigenvalue weighted by atomic mass is 35.5. The summed E-state index contributed by atoms with van der Waals surface area (Å²) in [5, 5.41) is 7.09. The molecule has 0 amide bonds. The average molecular weight is 468 g/mol. The number of H-pyrrole nitrogens is 1. The first-order chi connectivity index (χ1) is 14.8. The van der Waals surface area contributed by atoms with Crippen LogP contribution in [0.2, 0.25) is 0 Å². The Labute approximate surface area is 185 Å². The van der Waals surface area contributed by atoms with Gasteiger partial charge < -0.3 is 4.90 Å². The molecular formula is C21H18ClF4N5O. The normalized spacial score (nSPS) is 16.6. The lowest BCUT2D eigenvalue weighted by Crippen LogP contribution is -2.28. The van der Waals surface area contributed by atoms with Gasteiger partial charge in [-0.25, -0.2) is 9.37 Å². The van der Waals surface area contributed by atoms with Gasteiger partial charge in [-0.05, 0) is 30.2 Å². The lowest BCUT2D eigenvalue weighted by atomic mass is 10.0. The van der Waals surface area contributed by atoms with Crippen molar-refractivity contribution in [3.8, 4) is 11.1 Å². The smallest absolute Gasteiger partial charge is 0.353 e. The van der Waals surface area contributed by atoms with Crippen molar-refractivity contribution in [2.75, 3.05) is 18.0 Å². The summed E-state index contributed by atoms with van der Waals surface area (Å²) in [6, 6.07) is 8.47. The molecule has 1 N–H and O–H groups in total. The quantitative estimate of drug-likeness (QED) is 0.451. The molecular weight excluding hydrogens is 450 g/mol. The minimum absolute atomic E-state index is 0. The van der Waals surface area contributed by atoms with Gasteiger partial charge in [-0.1, -0.05) is 12.1 Å². The number of alkyl halides is 4. The highest BCUT2D eigenvalue weighted by Gasteiger charge is 2.30. The highest BCUT2D eigenvalue weighted by molar-refractivity contribution is 6.04.